The molecule has 0 bridgehead atoms. The third kappa shape index (κ3) is 5.87. The Morgan fingerprint density at radius 3 is 2.35 bits per heavy atom. The number of halogens is 1. The van der Waals surface area contributed by atoms with Gasteiger partial charge in [0.25, 0.3) is 5.91 Å². The van der Waals surface area contributed by atoms with Crippen molar-refractivity contribution < 1.29 is 9.53 Å². The summed E-state index contributed by atoms with van der Waals surface area (Å²) in [4.78, 5) is 17.5. The number of nitrogens with zero attached hydrogens (tertiary/aromatic N) is 4. The maximum absolute atomic E-state index is 13.1. The molecule has 1 aromatic heterocycles. The van der Waals surface area contributed by atoms with E-state index < -0.39 is 0 Å². The lowest BCUT2D eigenvalue weighted by Gasteiger charge is -2.34. The van der Waals surface area contributed by atoms with Crippen molar-refractivity contribution in [2.24, 2.45) is 0 Å². The third-order valence-corrected chi connectivity index (χ3v) is 7.12. The zero-order valence-electron chi connectivity index (χ0n) is 21.2. The van der Waals surface area contributed by atoms with Gasteiger partial charge in [-0.05, 0) is 61.9 Å². The van der Waals surface area contributed by atoms with Crippen LogP contribution in [0.5, 0.6) is 5.75 Å². The molecule has 1 amide bonds. The number of amides is 1. The minimum Gasteiger partial charge on any atom is -0.489 e. The summed E-state index contributed by atoms with van der Waals surface area (Å²) in [5.41, 5.74) is 6.27. The summed E-state index contributed by atoms with van der Waals surface area (Å²) in [5, 5.41) is 5.43. The van der Waals surface area contributed by atoms with Gasteiger partial charge >= 0.3 is 0 Å². The van der Waals surface area contributed by atoms with Crippen molar-refractivity contribution in [2.45, 2.75) is 27.0 Å². The molecule has 37 heavy (non-hydrogen) atoms. The molecule has 1 fully saturated rings. The number of aromatic nitrogens is 2. The lowest BCUT2D eigenvalue weighted by atomic mass is 10.1. The first-order chi connectivity index (χ1) is 18.0. The van der Waals surface area contributed by atoms with Gasteiger partial charge in [0.2, 0.25) is 0 Å². The van der Waals surface area contributed by atoms with Gasteiger partial charge in [0.15, 0.2) is 0 Å². The molecular weight excluding hydrogens is 484 g/mol. The van der Waals surface area contributed by atoms with E-state index >= 15 is 0 Å². The Morgan fingerprint density at radius 2 is 1.65 bits per heavy atom. The zero-order chi connectivity index (χ0) is 25.8. The van der Waals surface area contributed by atoms with Crippen LogP contribution in [0, 0.1) is 13.8 Å². The second kappa shape index (κ2) is 11.2. The fraction of sp³-hybridized carbons (Fsp3) is 0.267. The van der Waals surface area contributed by atoms with Crippen LogP contribution in [0.3, 0.4) is 0 Å². The first kappa shape index (κ1) is 25.1. The second-order valence-electron chi connectivity index (χ2n) is 9.41. The van der Waals surface area contributed by atoms with Gasteiger partial charge < -0.3 is 9.64 Å². The quantitative estimate of drug-likeness (QED) is 0.318. The Morgan fingerprint density at radius 1 is 0.919 bits per heavy atom. The van der Waals surface area contributed by atoms with Gasteiger partial charge in [0.1, 0.15) is 12.4 Å². The molecule has 6 nitrogen and oxygen atoms in total. The van der Waals surface area contributed by atoms with Crippen molar-refractivity contribution >= 4 is 17.5 Å². The molecule has 2 heterocycles. The van der Waals surface area contributed by atoms with Gasteiger partial charge in [-0.25, -0.2) is 4.68 Å². The van der Waals surface area contributed by atoms with Crippen molar-refractivity contribution in [3.05, 3.63) is 112 Å². The monoisotopic (exact) mass is 514 g/mol. The fourth-order valence-corrected chi connectivity index (χ4v) is 4.89. The molecule has 3 aromatic carbocycles. The zero-order valence-corrected chi connectivity index (χ0v) is 22.0. The smallest absolute Gasteiger partial charge is 0.253 e. The molecule has 0 unspecified atom stereocenters. The molecule has 0 aliphatic carbocycles. The number of aryl methyl sites for hydroxylation is 1. The van der Waals surface area contributed by atoms with Gasteiger partial charge in [-0.15, -0.1) is 0 Å². The van der Waals surface area contributed by atoms with Gasteiger partial charge in [-0.3, -0.25) is 9.69 Å². The molecule has 0 atom stereocenters. The molecule has 4 aromatic rings. The van der Waals surface area contributed by atoms with E-state index in [4.69, 9.17) is 21.4 Å². The van der Waals surface area contributed by atoms with E-state index in [1.165, 1.54) is 11.3 Å². The first-order valence-corrected chi connectivity index (χ1v) is 12.9. The highest BCUT2D eigenvalue weighted by Gasteiger charge is 2.24. The van der Waals surface area contributed by atoms with Crippen LogP contribution in [0.1, 0.15) is 32.9 Å². The molecule has 5 rings (SSSR count). The van der Waals surface area contributed by atoms with Crippen LogP contribution in [0.2, 0.25) is 5.02 Å². The number of benzene rings is 3. The topological polar surface area (TPSA) is 50.6 Å². The predicted octanol–water partition coefficient (Wildman–Crippen LogP) is 5.68. The van der Waals surface area contributed by atoms with Crippen molar-refractivity contribution in [3.63, 3.8) is 0 Å². The number of rotatable bonds is 7. The predicted molar refractivity (Wildman–Crippen MR) is 146 cm³/mol. The standard InChI is InChI=1S/C30H31ClN4O2/c1-22-29(23(2)35(32-22)27-8-4-3-5-9-27)20-33-15-17-34(18-16-33)30(36)25-13-11-24(12-14-25)21-37-28-10-6-7-26(31)19-28/h3-14,19H,15-18,20-21H2,1-2H3. The second-order valence-corrected chi connectivity index (χ2v) is 9.84. The molecule has 0 N–H and O–H groups in total. The Bertz CT molecular complexity index is 1360. The number of carbonyl (C=O) groups excluding carboxylic acids is 1. The number of ether oxygens (including phenoxy) is 1. The molecule has 1 aliphatic heterocycles. The van der Waals surface area contributed by atoms with Crippen LogP contribution < -0.4 is 4.74 Å². The van der Waals surface area contributed by atoms with E-state index in [0.29, 0.717) is 30.3 Å². The normalized spacial score (nSPS) is 14.1. The van der Waals surface area contributed by atoms with Gasteiger partial charge in [0.05, 0.1) is 11.4 Å². The summed E-state index contributed by atoms with van der Waals surface area (Å²) in [6, 6.07) is 25.2. The van der Waals surface area contributed by atoms with Crippen LogP contribution in [-0.4, -0.2) is 51.7 Å². The summed E-state index contributed by atoms with van der Waals surface area (Å²) in [7, 11) is 0. The molecule has 1 aliphatic rings. The Hall–Kier alpha value is -3.61. The molecule has 7 heteroatoms. The maximum Gasteiger partial charge on any atom is 0.253 e. The largest absolute Gasteiger partial charge is 0.489 e. The Labute approximate surface area is 223 Å². The summed E-state index contributed by atoms with van der Waals surface area (Å²) in [6.45, 7) is 8.57. The van der Waals surface area contributed by atoms with Crippen LogP contribution in [0.15, 0.2) is 78.9 Å². The van der Waals surface area contributed by atoms with E-state index in [-0.39, 0.29) is 5.91 Å². The Kier molecular flexibility index (Phi) is 7.58. The average Bonchev–Trinajstić information content (AvgIpc) is 3.21. The van der Waals surface area contributed by atoms with E-state index in [9.17, 15) is 4.79 Å². The van der Waals surface area contributed by atoms with Crippen LogP contribution in [0.4, 0.5) is 0 Å². The molecular formula is C30H31ClN4O2. The number of piperazine rings is 1. The van der Waals surface area contributed by atoms with Crippen LogP contribution in [-0.2, 0) is 13.2 Å². The van der Waals surface area contributed by atoms with E-state index in [2.05, 4.69) is 30.9 Å². The SMILES string of the molecule is Cc1nn(-c2ccccc2)c(C)c1CN1CCN(C(=O)c2ccc(COc3cccc(Cl)c3)cc2)CC1. The number of hydrogen-bond donors (Lipinski definition) is 0. The number of carbonyl (C=O) groups is 1. The maximum atomic E-state index is 13.1. The highest BCUT2D eigenvalue weighted by Crippen LogP contribution is 2.21. The lowest BCUT2D eigenvalue weighted by Crippen LogP contribution is -2.48. The molecule has 0 saturated carbocycles. The van der Waals surface area contributed by atoms with Crippen LogP contribution in [0.25, 0.3) is 5.69 Å². The molecule has 0 spiro atoms. The fourth-order valence-electron chi connectivity index (χ4n) is 4.71. The molecule has 1 saturated heterocycles. The highest BCUT2D eigenvalue weighted by atomic mass is 35.5. The minimum absolute atomic E-state index is 0.0752. The number of para-hydroxylation sites is 1. The van der Waals surface area contributed by atoms with Crippen molar-refractivity contribution in [2.75, 3.05) is 26.2 Å². The average molecular weight is 515 g/mol. The highest BCUT2D eigenvalue weighted by molar-refractivity contribution is 6.30. The number of hydrogen-bond acceptors (Lipinski definition) is 4. The minimum atomic E-state index is 0.0752. The van der Waals surface area contributed by atoms with E-state index in [1.54, 1.807) is 6.07 Å². The lowest BCUT2D eigenvalue weighted by molar-refractivity contribution is 0.0628. The van der Waals surface area contributed by atoms with Crippen LogP contribution >= 0.6 is 11.6 Å². The van der Waals surface area contributed by atoms with Gasteiger partial charge in [0, 0.05) is 54.6 Å². The van der Waals surface area contributed by atoms with E-state index in [1.807, 2.05) is 70.2 Å². The molecule has 190 valence electrons. The van der Waals surface area contributed by atoms with Gasteiger partial charge in [-0.1, -0.05) is 48.0 Å². The molecule has 0 radical (unpaired) electrons. The van der Waals surface area contributed by atoms with Crippen molar-refractivity contribution in [3.8, 4) is 11.4 Å². The Balaban J connectivity index is 1.15. The summed E-state index contributed by atoms with van der Waals surface area (Å²) in [5.74, 6) is 0.801. The summed E-state index contributed by atoms with van der Waals surface area (Å²) >= 11 is 6.01. The first-order valence-electron chi connectivity index (χ1n) is 12.6. The summed E-state index contributed by atoms with van der Waals surface area (Å²) < 4.78 is 7.82. The summed E-state index contributed by atoms with van der Waals surface area (Å²) in [6.07, 6.45) is 0. The van der Waals surface area contributed by atoms with Crippen molar-refractivity contribution in [1.82, 2.24) is 19.6 Å². The van der Waals surface area contributed by atoms with Crippen molar-refractivity contribution in [1.29, 1.82) is 0 Å². The van der Waals surface area contributed by atoms with E-state index in [0.717, 1.165) is 42.3 Å². The third-order valence-electron chi connectivity index (χ3n) is 6.89. The van der Waals surface area contributed by atoms with Gasteiger partial charge in [-0.2, -0.15) is 5.10 Å².